The first-order valence-corrected chi connectivity index (χ1v) is 4.41. The number of hydrogen-bond acceptors (Lipinski definition) is 4. The average Bonchev–Trinajstić information content (AvgIpc) is 2.55. The van der Waals surface area contributed by atoms with Crippen molar-refractivity contribution in [2.75, 3.05) is 7.11 Å². The lowest BCUT2D eigenvalue weighted by atomic mass is 10.2. The summed E-state index contributed by atoms with van der Waals surface area (Å²) in [6.45, 7) is 2.01. The molecular weight excluding hydrogens is 184 g/mol. The van der Waals surface area contributed by atoms with Crippen LogP contribution in [0.3, 0.4) is 0 Å². The summed E-state index contributed by atoms with van der Waals surface area (Å²) in [7, 11) is 1.23. The van der Waals surface area contributed by atoms with Crippen LogP contribution < -0.4 is 0 Å². The number of carbonyl (C=O) groups is 2. The van der Waals surface area contributed by atoms with Gasteiger partial charge in [-0.15, -0.1) is 0 Å². The maximum atomic E-state index is 11.1. The molecule has 4 nitrogen and oxygen atoms in total. The summed E-state index contributed by atoms with van der Waals surface area (Å²) in [5, 5.41) is 0. The third-order valence-corrected chi connectivity index (χ3v) is 1.76. The summed E-state index contributed by atoms with van der Waals surface area (Å²) in [5.74, 6) is -0.869. The molecule has 0 radical (unpaired) electrons. The Hall–Kier alpha value is -1.58. The normalized spacial score (nSPS) is 18.0. The molecule has 1 aliphatic rings. The summed E-state index contributed by atoms with van der Waals surface area (Å²) in [5.41, 5.74) is -0.0464. The summed E-state index contributed by atoms with van der Waals surface area (Å²) < 4.78 is 9.25. The quantitative estimate of drug-likeness (QED) is 0.504. The second-order valence-corrected chi connectivity index (χ2v) is 2.83. The number of methoxy groups -OCH3 is 1. The molecule has 14 heavy (non-hydrogen) atoms. The molecule has 0 saturated heterocycles. The van der Waals surface area contributed by atoms with Gasteiger partial charge in [-0.3, -0.25) is 0 Å². The van der Waals surface area contributed by atoms with Crippen molar-refractivity contribution in [1.29, 1.82) is 0 Å². The molecule has 0 aromatic rings. The third kappa shape index (κ3) is 2.22. The zero-order valence-electron chi connectivity index (χ0n) is 8.20. The van der Waals surface area contributed by atoms with Crippen molar-refractivity contribution < 1.29 is 19.1 Å². The number of cyclic esters (lactones) is 1. The van der Waals surface area contributed by atoms with Crippen molar-refractivity contribution >= 4 is 11.9 Å². The first-order valence-electron chi connectivity index (χ1n) is 4.41. The Kier molecular flexibility index (Phi) is 3.45. The second-order valence-electron chi connectivity index (χ2n) is 2.83. The molecule has 0 aromatic carbocycles. The van der Waals surface area contributed by atoms with Crippen LogP contribution >= 0.6 is 0 Å². The Balaban J connectivity index is 2.77. The van der Waals surface area contributed by atoms with E-state index < -0.39 is 11.9 Å². The van der Waals surface area contributed by atoms with Gasteiger partial charge in [-0.2, -0.15) is 0 Å². The van der Waals surface area contributed by atoms with Gasteiger partial charge in [0, 0.05) is 6.08 Å². The predicted octanol–water partition coefficient (Wildman–Crippen LogP) is 1.33. The fourth-order valence-electron chi connectivity index (χ4n) is 1.03. The SMILES string of the molecule is CCC/C=C1\C=C(C(=O)OC)C(=O)O1. The number of rotatable bonds is 3. The maximum Gasteiger partial charge on any atom is 0.351 e. The molecule has 1 heterocycles. The summed E-state index contributed by atoms with van der Waals surface area (Å²) in [6.07, 6.45) is 4.95. The molecule has 0 bridgehead atoms. The van der Waals surface area contributed by atoms with Gasteiger partial charge in [0.2, 0.25) is 0 Å². The lowest BCUT2D eigenvalue weighted by molar-refractivity contribution is -0.141. The predicted molar refractivity (Wildman–Crippen MR) is 49.2 cm³/mol. The molecule has 76 valence electrons. The highest BCUT2D eigenvalue weighted by molar-refractivity contribution is 6.16. The zero-order valence-corrected chi connectivity index (χ0v) is 8.20. The van der Waals surface area contributed by atoms with E-state index in [4.69, 9.17) is 4.74 Å². The van der Waals surface area contributed by atoms with Crippen molar-refractivity contribution in [2.24, 2.45) is 0 Å². The molecule has 0 spiro atoms. The molecular formula is C10H12O4. The monoisotopic (exact) mass is 196 g/mol. The van der Waals surface area contributed by atoms with Gasteiger partial charge in [0.25, 0.3) is 0 Å². The van der Waals surface area contributed by atoms with Crippen molar-refractivity contribution in [2.45, 2.75) is 19.8 Å². The molecule has 0 aliphatic carbocycles. The smallest absolute Gasteiger partial charge is 0.351 e. The van der Waals surface area contributed by atoms with Gasteiger partial charge in [-0.1, -0.05) is 13.3 Å². The van der Waals surface area contributed by atoms with Crippen molar-refractivity contribution in [3.63, 3.8) is 0 Å². The molecule has 1 aliphatic heterocycles. The Labute approximate surface area is 82.2 Å². The molecule has 0 atom stereocenters. The molecule has 1 rings (SSSR count). The van der Waals surface area contributed by atoms with Gasteiger partial charge in [0.05, 0.1) is 7.11 Å². The highest BCUT2D eigenvalue weighted by Crippen LogP contribution is 2.18. The van der Waals surface area contributed by atoms with Gasteiger partial charge in [0.15, 0.2) is 0 Å². The van der Waals surface area contributed by atoms with E-state index in [1.54, 1.807) is 6.08 Å². The van der Waals surface area contributed by atoms with Crippen molar-refractivity contribution in [3.8, 4) is 0 Å². The van der Waals surface area contributed by atoms with Crippen LogP contribution in [0.2, 0.25) is 0 Å². The average molecular weight is 196 g/mol. The zero-order chi connectivity index (χ0) is 10.6. The summed E-state index contributed by atoms with van der Waals surface area (Å²) in [4.78, 5) is 22.1. The van der Waals surface area contributed by atoms with Gasteiger partial charge < -0.3 is 9.47 Å². The molecule has 0 amide bonds. The van der Waals surface area contributed by atoms with Crippen LogP contribution in [0.4, 0.5) is 0 Å². The van der Waals surface area contributed by atoms with Gasteiger partial charge in [0.1, 0.15) is 11.3 Å². The lowest BCUT2D eigenvalue weighted by Gasteiger charge is -1.95. The Morgan fingerprint density at radius 1 is 1.64 bits per heavy atom. The van der Waals surface area contributed by atoms with Crippen molar-refractivity contribution in [3.05, 3.63) is 23.5 Å². The molecule has 0 N–H and O–H groups in total. The van der Waals surface area contributed by atoms with E-state index in [1.165, 1.54) is 13.2 Å². The van der Waals surface area contributed by atoms with Crippen LogP contribution in [0.5, 0.6) is 0 Å². The summed E-state index contributed by atoms with van der Waals surface area (Å²) >= 11 is 0. The van der Waals surface area contributed by atoms with E-state index in [0.717, 1.165) is 12.8 Å². The minimum atomic E-state index is -0.658. The molecule has 0 unspecified atom stereocenters. The van der Waals surface area contributed by atoms with Crippen LogP contribution in [0.15, 0.2) is 23.5 Å². The second kappa shape index (κ2) is 4.60. The highest BCUT2D eigenvalue weighted by atomic mass is 16.6. The largest absolute Gasteiger partial charge is 0.465 e. The fourth-order valence-corrected chi connectivity index (χ4v) is 1.03. The van der Waals surface area contributed by atoms with E-state index in [2.05, 4.69) is 4.74 Å². The molecule has 0 saturated carbocycles. The lowest BCUT2D eigenvalue weighted by Crippen LogP contribution is -2.11. The highest BCUT2D eigenvalue weighted by Gasteiger charge is 2.27. The van der Waals surface area contributed by atoms with E-state index >= 15 is 0 Å². The minimum Gasteiger partial charge on any atom is -0.465 e. The van der Waals surface area contributed by atoms with Crippen LogP contribution in [0.25, 0.3) is 0 Å². The van der Waals surface area contributed by atoms with Gasteiger partial charge in [-0.25, -0.2) is 9.59 Å². The standard InChI is InChI=1S/C10H12O4/c1-3-4-5-7-6-8(9(11)13-2)10(12)14-7/h5-6H,3-4H2,1-2H3/b7-5+. The number of hydrogen-bond donors (Lipinski definition) is 0. The van der Waals surface area contributed by atoms with Crippen LogP contribution in [0, 0.1) is 0 Å². The topological polar surface area (TPSA) is 52.6 Å². The van der Waals surface area contributed by atoms with E-state index in [1.807, 2.05) is 6.92 Å². The van der Waals surface area contributed by atoms with Crippen LogP contribution in [0.1, 0.15) is 19.8 Å². The number of ether oxygens (including phenoxy) is 2. The Morgan fingerprint density at radius 2 is 2.36 bits per heavy atom. The molecule has 0 fully saturated rings. The van der Waals surface area contributed by atoms with Crippen LogP contribution in [-0.4, -0.2) is 19.0 Å². The first-order chi connectivity index (χ1) is 6.69. The molecule has 4 heteroatoms. The summed E-state index contributed by atoms with van der Waals surface area (Å²) in [6, 6.07) is 0. The number of unbranched alkanes of at least 4 members (excludes halogenated alkanes) is 1. The number of carbonyl (C=O) groups excluding carboxylic acids is 2. The van der Waals surface area contributed by atoms with E-state index in [9.17, 15) is 9.59 Å². The van der Waals surface area contributed by atoms with Crippen molar-refractivity contribution in [1.82, 2.24) is 0 Å². The van der Waals surface area contributed by atoms with Gasteiger partial charge in [-0.05, 0) is 12.5 Å². The van der Waals surface area contributed by atoms with E-state index in [0.29, 0.717) is 5.76 Å². The minimum absolute atomic E-state index is 0.0464. The molecule has 0 aromatic heterocycles. The fraction of sp³-hybridized carbons (Fsp3) is 0.400. The maximum absolute atomic E-state index is 11.1. The van der Waals surface area contributed by atoms with E-state index in [-0.39, 0.29) is 5.57 Å². The number of allylic oxidation sites excluding steroid dienone is 2. The third-order valence-electron chi connectivity index (χ3n) is 1.76. The Morgan fingerprint density at radius 3 is 2.93 bits per heavy atom. The van der Waals surface area contributed by atoms with Gasteiger partial charge >= 0.3 is 11.9 Å². The van der Waals surface area contributed by atoms with Crippen LogP contribution in [-0.2, 0) is 19.1 Å². The number of esters is 2. The first kappa shape index (κ1) is 10.5. The Bertz CT molecular complexity index is 312.